The largest absolute Gasteiger partial charge is 0.348 e. The lowest BCUT2D eigenvalue weighted by atomic mass is 9.86. The summed E-state index contributed by atoms with van der Waals surface area (Å²) in [5.41, 5.74) is 0.0112. The van der Waals surface area contributed by atoms with E-state index in [9.17, 15) is 20.2 Å². The maximum atomic E-state index is 12.3. The van der Waals surface area contributed by atoms with Gasteiger partial charge in [-0.25, -0.2) is 0 Å². The van der Waals surface area contributed by atoms with Crippen LogP contribution in [0.3, 0.4) is 0 Å². The first-order chi connectivity index (χ1) is 11.0. The molecule has 0 saturated heterocycles. The molecule has 0 spiro atoms. The van der Waals surface area contributed by atoms with Gasteiger partial charge < -0.3 is 5.32 Å². The van der Waals surface area contributed by atoms with Crippen molar-refractivity contribution < 1.29 is 9.72 Å². The van der Waals surface area contributed by atoms with Crippen molar-refractivity contribution in [2.24, 2.45) is 5.92 Å². The van der Waals surface area contributed by atoms with Crippen molar-refractivity contribution in [3.63, 3.8) is 0 Å². The second kappa shape index (κ2) is 7.54. The van der Waals surface area contributed by atoms with Crippen LogP contribution in [0.25, 0.3) is 6.08 Å². The number of hydrogen-bond donors (Lipinski definition) is 1. The maximum absolute atomic E-state index is 12.3. The number of carbonyl (C=O) groups is 1. The van der Waals surface area contributed by atoms with Crippen LogP contribution in [-0.4, -0.2) is 16.9 Å². The predicted molar refractivity (Wildman–Crippen MR) is 86.2 cm³/mol. The minimum absolute atomic E-state index is 0.0544. The molecule has 0 radical (unpaired) electrons. The highest BCUT2D eigenvalue weighted by Crippen LogP contribution is 2.24. The first-order valence-corrected chi connectivity index (χ1v) is 7.69. The Morgan fingerprint density at radius 1 is 1.39 bits per heavy atom. The van der Waals surface area contributed by atoms with Crippen molar-refractivity contribution in [1.29, 1.82) is 5.26 Å². The number of benzene rings is 1. The number of hydrogen-bond acceptors (Lipinski definition) is 4. The van der Waals surface area contributed by atoms with E-state index in [1.54, 1.807) is 12.1 Å². The summed E-state index contributed by atoms with van der Waals surface area (Å²) in [6.07, 6.45) is 5.45. The molecule has 6 heteroatoms. The minimum atomic E-state index is -0.526. The molecule has 0 aliphatic heterocycles. The lowest BCUT2D eigenvalue weighted by Gasteiger charge is -2.29. The average Bonchev–Trinajstić information content (AvgIpc) is 2.54. The Kier molecular flexibility index (Phi) is 5.47. The van der Waals surface area contributed by atoms with Crippen LogP contribution in [0.15, 0.2) is 29.8 Å². The number of carbonyl (C=O) groups excluding carboxylic acids is 1. The molecular formula is C17H19N3O3. The Balaban J connectivity index is 2.20. The first-order valence-electron chi connectivity index (χ1n) is 7.69. The molecule has 0 bridgehead atoms. The summed E-state index contributed by atoms with van der Waals surface area (Å²) in [6.45, 7) is 2.09. The second-order valence-electron chi connectivity index (χ2n) is 5.83. The van der Waals surface area contributed by atoms with Gasteiger partial charge in [0.2, 0.25) is 0 Å². The Morgan fingerprint density at radius 3 is 2.74 bits per heavy atom. The van der Waals surface area contributed by atoms with Crippen LogP contribution in [-0.2, 0) is 4.79 Å². The molecule has 0 aromatic heterocycles. The van der Waals surface area contributed by atoms with Gasteiger partial charge in [0.15, 0.2) is 0 Å². The van der Waals surface area contributed by atoms with E-state index in [1.807, 2.05) is 6.07 Å². The molecule has 1 aromatic carbocycles. The predicted octanol–water partition coefficient (Wildman–Crippen LogP) is 3.20. The highest BCUT2D eigenvalue weighted by molar-refractivity contribution is 6.02. The van der Waals surface area contributed by atoms with E-state index in [0.717, 1.165) is 25.7 Å². The fraction of sp³-hybridized carbons (Fsp3) is 0.412. The van der Waals surface area contributed by atoms with E-state index < -0.39 is 10.8 Å². The Labute approximate surface area is 135 Å². The molecule has 2 rings (SSSR count). The van der Waals surface area contributed by atoms with Gasteiger partial charge in [-0.15, -0.1) is 0 Å². The number of rotatable bonds is 4. The lowest BCUT2D eigenvalue weighted by molar-refractivity contribution is -0.385. The van der Waals surface area contributed by atoms with Crippen LogP contribution in [0, 0.1) is 27.4 Å². The zero-order chi connectivity index (χ0) is 16.8. The van der Waals surface area contributed by atoms with Crippen LogP contribution in [0.5, 0.6) is 0 Å². The zero-order valence-corrected chi connectivity index (χ0v) is 13.0. The minimum Gasteiger partial charge on any atom is -0.348 e. The van der Waals surface area contributed by atoms with Crippen LogP contribution < -0.4 is 5.32 Å². The number of nitrogens with one attached hydrogen (secondary N) is 1. The molecule has 6 nitrogen and oxygen atoms in total. The van der Waals surface area contributed by atoms with Crippen molar-refractivity contribution >= 4 is 17.7 Å². The van der Waals surface area contributed by atoms with Gasteiger partial charge >= 0.3 is 0 Å². The molecule has 0 unspecified atom stereocenters. The molecule has 1 aromatic rings. The smallest absolute Gasteiger partial charge is 0.276 e. The van der Waals surface area contributed by atoms with Crippen LogP contribution in [0.4, 0.5) is 5.69 Å². The summed E-state index contributed by atoms with van der Waals surface area (Å²) in [5, 5.41) is 23.1. The third-order valence-electron chi connectivity index (χ3n) is 4.23. The molecule has 23 heavy (non-hydrogen) atoms. The van der Waals surface area contributed by atoms with E-state index in [2.05, 4.69) is 12.2 Å². The third kappa shape index (κ3) is 4.16. The quantitative estimate of drug-likeness (QED) is 0.399. The summed E-state index contributed by atoms with van der Waals surface area (Å²) in [4.78, 5) is 22.8. The van der Waals surface area contributed by atoms with Crippen molar-refractivity contribution in [2.75, 3.05) is 0 Å². The summed E-state index contributed by atoms with van der Waals surface area (Å²) in [5.74, 6) is -0.0943. The Bertz CT molecular complexity index is 676. The second-order valence-corrected chi connectivity index (χ2v) is 5.83. The number of para-hydroxylation sites is 1. The van der Waals surface area contributed by atoms with Gasteiger partial charge in [-0.2, -0.15) is 5.26 Å². The van der Waals surface area contributed by atoms with E-state index >= 15 is 0 Å². The number of nitro groups is 1. The molecular weight excluding hydrogens is 294 g/mol. The normalized spacial score (nSPS) is 21.3. The molecule has 1 fully saturated rings. The molecule has 120 valence electrons. The maximum Gasteiger partial charge on any atom is 0.276 e. The topological polar surface area (TPSA) is 96.0 Å². The van der Waals surface area contributed by atoms with E-state index in [0.29, 0.717) is 5.92 Å². The molecule has 2 atom stereocenters. The van der Waals surface area contributed by atoms with Gasteiger partial charge in [0.05, 0.1) is 10.5 Å². The number of nitriles is 1. The number of nitro benzene ring substituents is 1. The van der Waals surface area contributed by atoms with E-state index in [4.69, 9.17) is 0 Å². The van der Waals surface area contributed by atoms with Gasteiger partial charge in [-0.05, 0) is 30.9 Å². The van der Waals surface area contributed by atoms with Crippen molar-refractivity contribution in [3.05, 3.63) is 45.5 Å². The Hall–Kier alpha value is -2.68. The molecule has 0 heterocycles. The average molecular weight is 313 g/mol. The molecule has 1 aliphatic rings. The van der Waals surface area contributed by atoms with Crippen LogP contribution >= 0.6 is 0 Å². The fourth-order valence-electron chi connectivity index (χ4n) is 2.86. The first kappa shape index (κ1) is 16.7. The van der Waals surface area contributed by atoms with Crippen molar-refractivity contribution in [1.82, 2.24) is 5.32 Å². The van der Waals surface area contributed by atoms with Gasteiger partial charge in [0.25, 0.3) is 11.6 Å². The van der Waals surface area contributed by atoms with Crippen molar-refractivity contribution in [2.45, 2.75) is 38.6 Å². The lowest BCUT2D eigenvalue weighted by Crippen LogP contribution is -2.41. The molecule has 1 amide bonds. The zero-order valence-electron chi connectivity index (χ0n) is 13.0. The van der Waals surface area contributed by atoms with E-state index in [-0.39, 0.29) is 22.9 Å². The Morgan fingerprint density at radius 2 is 2.09 bits per heavy atom. The SMILES string of the molecule is C[C@H]1CCCC[C@@H]1NC(=O)/C(C#N)=C/c1ccccc1[N+](=O)[O-]. The van der Waals surface area contributed by atoms with Crippen LogP contribution in [0.2, 0.25) is 0 Å². The molecule has 1 aliphatic carbocycles. The summed E-state index contributed by atoms with van der Waals surface area (Å²) in [6, 6.07) is 7.95. The molecule has 1 N–H and O–H groups in total. The summed E-state index contributed by atoms with van der Waals surface area (Å²) < 4.78 is 0. The monoisotopic (exact) mass is 313 g/mol. The molecule has 1 saturated carbocycles. The fourth-order valence-corrected chi connectivity index (χ4v) is 2.86. The summed E-state index contributed by atoms with van der Waals surface area (Å²) in [7, 11) is 0. The number of nitrogens with zero attached hydrogens (tertiary/aromatic N) is 2. The van der Waals surface area contributed by atoms with Gasteiger partial charge in [-0.1, -0.05) is 31.9 Å². The van der Waals surface area contributed by atoms with E-state index in [1.165, 1.54) is 18.2 Å². The summed E-state index contributed by atoms with van der Waals surface area (Å²) >= 11 is 0. The van der Waals surface area contributed by atoms with Gasteiger partial charge in [0, 0.05) is 12.1 Å². The third-order valence-corrected chi connectivity index (χ3v) is 4.23. The van der Waals surface area contributed by atoms with Crippen LogP contribution in [0.1, 0.15) is 38.2 Å². The highest BCUT2D eigenvalue weighted by atomic mass is 16.6. The number of amides is 1. The highest BCUT2D eigenvalue weighted by Gasteiger charge is 2.24. The van der Waals surface area contributed by atoms with Gasteiger partial charge in [-0.3, -0.25) is 14.9 Å². The standard InChI is InChI=1S/C17H19N3O3/c1-12-6-2-4-8-15(12)19-17(21)14(11-18)10-13-7-3-5-9-16(13)20(22)23/h3,5,7,9-10,12,15H,2,4,6,8H2,1H3,(H,19,21)/b14-10+/t12-,15-/m0/s1. The van der Waals surface area contributed by atoms with Crippen molar-refractivity contribution in [3.8, 4) is 6.07 Å². The van der Waals surface area contributed by atoms with Gasteiger partial charge in [0.1, 0.15) is 11.6 Å².